The highest BCUT2D eigenvalue weighted by Crippen LogP contribution is 2.49. The zero-order chi connectivity index (χ0) is 42.6. The molecule has 3 amide bonds. The second-order valence-corrected chi connectivity index (χ2v) is 19.1. The van der Waals surface area contributed by atoms with Gasteiger partial charge in [-0.05, 0) is 90.0 Å². The lowest BCUT2D eigenvalue weighted by atomic mass is 9.80. The topological polar surface area (TPSA) is 146 Å². The van der Waals surface area contributed by atoms with Crippen molar-refractivity contribution in [3.63, 3.8) is 0 Å². The Balaban J connectivity index is 0.960. The number of nitrogens with one attached hydrogen (secondary N) is 3. The van der Waals surface area contributed by atoms with E-state index in [9.17, 15) is 14.4 Å². The second kappa shape index (κ2) is 16.6. The number of imidazole rings is 2. The number of ether oxygens (including phenoxy) is 2. The molecule has 3 saturated heterocycles. The number of rotatable bonds is 9. The molecule has 61 heavy (non-hydrogen) atoms. The fourth-order valence-electron chi connectivity index (χ4n) is 10.9. The molecular weight excluding hydrogens is 767 g/mol. The van der Waals surface area contributed by atoms with E-state index in [1.54, 1.807) is 0 Å². The van der Waals surface area contributed by atoms with Crippen molar-refractivity contribution >= 4 is 39.5 Å². The SMILES string of the molecule is COC(=O)N[C@H](C(=O)N1[C@H](c2nc(-c3ccc4c(ccc5cc(-c6cnc([C@@H]7C[C@@]8(CCCOC8)CN7C(=O)[C@@H](C)C(C)C)[nH]6)ccc54)c3)c[nH]2)C[C@@H]2CCCC[C@@H]21)C(C)C. The van der Waals surface area contributed by atoms with Crippen LogP contribution in [-0.4, -0.2) is 86.6 Å². The number of aromatic nitrogens is 4. The van der Waals surface area contributed by atoms with Crippen molar-refractivity contribution < 1.29 is 23.9 Å². The number of benzene rings is 3. The van der Waals surface area contributed by atoms with Crippen molar-refractivity contribution in [3.05, 3.63) is 72.6 Å². The van der Waals surface area contributed by atoms with Crippen LogP contribution in [0.3, 0.4) is 0 Å². The number of methoxy groups -OCH3 is 1. The average molecular weight is 828 g/mol. The third-order valence-electron chi connectivity index (χ3n) is 14.6. The normalized spacial score (nSPS) is 25.1. The first-order valence-corrected chi connectivity index (χ1v) is 22.6. The van der Waals surface area contributed by atoms with Gasteiger partial charge in [0.1, 0.15) is 17.7 Å². The molecule has 1 aliphatic carbocycles. The van der Waals surface area contributed by atoms with Crippen molar-refractivity contribution in [1.29, 1.82) is 0 Å². The summed E-state index contributed by atoms with van der Waals surface area (Å²) >= 11 is 0. The van der Waals surface area contributed by atoms with Crippen LogP contribution in [0.25, 0.3) is 44.1 Å². The lowest BCUT2D eigenvalue weighted by Gasteiger charge is -2.36. The first-order chi connectivity index (χ1) is 29.4. The van der Waals surface area contributed by atoms with Crippen molar-refractivity contribution in [2.24, 2.45) is 29.1 Å². The maximum atomic E-state index is 14.3. The van der Waals surface area contributed by atoms with Crippen LogP contribution in [0.4, 0.5) is 4.79 Å². The number of alkyl carbamates (subject to hydrolysis) is 1. The fraction of sp³-hybridized carbons (Fsp3) is 0.531. The van der Waals surface area contributed by atoms with Crippen molar-refractivity contribution in [2.75, 3.05) is 26.9 Å². The largest absolute Gasteiger partial charge is 0.453 e. The van der Waals surface area contributed by atoms with Crippen LogP contribution in [0.2, 0.25) is 0 Å². The first-order valence-electron chi connectivity index (χ1n) is 22.6. The van der Waals surface area contributed by atoms with Crippen LogP contribution in [0, 0.1) is 29.1 Å². The maximum Gasteiger partial charge on any atom is 0.407 e. The summed E-state index contributed by atoms with van der Waals surface area (Å²) in [5.74, 6) is 2.26. The molecule has 1 saturated carbocycles. The number of nitrogens with zero attached hydrogens (tertiary/aromatic N) is 4. The van der Waals surface area contributed by atoms with Gasteiger partial charge in [-0.25, -0.2) is 14.8 Å². The van der Waals surface area contributed by atoms with Gasteiger partial charge in [0.25, 0.3) is 0 Å². The highest BCUT2D eigenvalue weighted by atomic mass is 16.5. The van der Waals surface area contributed by atoms with Gasteiger partial charge in [-0.2, -0.15) is 0 Å². The molecule has 12 nitrogen and oxygen atoms in total. The van der Waals surface area contributed by atoms with Gasteiger partial charge in [0.15, 0.2) is 0 Å². The summed E-state index contributed by atoms with van der Waals surface area (Å²) in [6, 6.07) is 16.5. The highest BCUT2D eigenvalue weighted by molar-refractivity contribution is 6.09. The van der Waals surface area contributed by atoms with Gasteiger partial charge >= 0.3 is 6.09 Å². The Morgan fingerprint density at radius 2 is 1.62 bits per heavy atom. The van der Waals surface area contributed by atoms with E-state index in [1.165, 1.54) is 13.5 Å². The van der Waals surface area contributed by atoms with E-state index in [-0.39, 0.29) is 53.1 Å². The summed E-state index contributed by atoms with van der Waals surface area (Å²) < 4.78 is 10.9. The lowest BCUT2D eigenvalue weighted by molar-refractivity contribution is -0.139. The van der Waals surface area contributed by atoms with Crippen molar-refractivity contribution in [1.82, 2.24) is 35.1 Å². The molecule has 3 aliphatic heterocycles. The van der Waals surface area contributed by atoms with Crippen LogP contribution < -0.4 is 5.32 Å². The number of aromatic amines is 2. The molecule has 0 radical (unpaired) electrons. The number of carbonyl (C=O) groups is 3. The maximum absolute atomic E-state index is 14.3. The predicted octanol–water partition coefficient (Wildman–Crippen LogP) is 9.35. The van der Waals surface area contributed by atoms with E-state index in [4.69, 9.17) is 19.4 Å². The Labute approximate surface area is 358 Å². The molecule has 3 N–H and O–H groups in total. The van der Waals surface area contributed by atoms with Crippen LogP contribution >= 0.6 is 0 Å². The minimum atomic E-state index is -0.684. The number of H-pyrrole nitrogens is 2. The standard InChI is InChI=1S/C49H61N7O5/c1-28(2)30(5)46(57)55-26-49(18-9-19-61-27-49)23-42(55)45-51-25-39(53-45)34-15-17-37-32(21-34)13-12-31-20-33(14-16-36(31)37)38-24-50-44(52-38)41-22-35-10-7-8-11-40(35)56(41)47(58)43(29(3)4)54-48(59)60-6/h12-17,20-21,24-25,28-30,35,40-43H,7-11,18-19,22-23,26-27H2,1-6H3,(H,50,52)(H,51,53)(H,54,59)/t30-,35-,40-,41-,42-,43-,49-/m0/s1. The molecule has 2 aromatic heterocycles. The summed E-state index contributed by atoms with van der Waals surface area (Å²) in [6.45, 7) is 12.4. The number of amides is 3. The van der Waals surface area contributed by atoms with Gasteiger partial charge in [-0.15, -0.1) is 0 Å². The van der Waals surface area contributed by atoms with Crippen LogP contribution in [0.5, 0.6) is 0 Å². The Bertz CT molecular complexity index is 2430. The molecule has 5 aromatic rings. The van der Waals surface area contributed by atoms with Gasteiger partial charge < -0.3 is 34.6 Å². The third kappa shape index (κ3) is 7.70. The number of hydrogen-bond donors (Lipinski definition) is 3. The molecule has 0 unspecified atom stereocenters. The minimum Gasteiger partial charge on any atom is -0.453 e. The quantitative estimate of drug-likeness (QED) is 0.126. The van der Waals surface area contributed by atoms with Crippen LogP contribution in [0.15, 0.2) is 60.9 Å². The zero-order valence-electron chi connectivity index (χ0n) is 36.5. The Morgan fingerprint density at radius 3 is 2.33 bits per heavy atom. The van der Waals surface area contributed by atoms with Crippen LogP contribution in [0.1, 0.15) is 110 Å². The smallest absolute Gasteiger partial charge is 0.407 e. The van der Waals surface area contributed by atoms with Gasteiger partial charge in [0.2, 0.25) is 11.8 Å². The summed E-state index contributed by atoms with van der Waals surface area (Å²) in [5, 5.41) is 7.37. The van der Waals surface area contributed by atoms with Gasteiger partial charge in [-0.3, -0.25) is 9.59 Å². The summed E-state index contributed by atoms with van der Waals surface area (Å²) in [4.78, 5) is 61.7. The molecule has 3 aromatic carbocycles. The molecule has 12 heteroatoms. The van der Waals surface area contributed by atoms with E-state index in [0.29, 0.717) is 19.1 Å². The molecule has 7 atom stereocenters. The van der Waals surface area contributed by atoms with Gasteiger partial charge in [-0.1, -0.05) is 83.9 Å². The highest BCUT2D eigenvalue weighted by Gasteiger charge is 2.50. The average Bonchev–Trinajstić information content (AvgIpc) is 4.10. The Morgan fingerprint density at radius 1 is 0.885 bits per heavy atom. The summed E-state index contributed by atoms with van der Waals surface area (Å²) in [7, 11) is 1.33. The second-order valence-electron chi connectivity index (χ2n) is 19.1. The first kappa shape index (κ1) is 41.1. The molecule has 322 valence electrons. The molecule has 4 fully saturated rings. The van der Waals surface area contributed by atoms with Gasteiger partial charge in [0.05, 0.1) is 43.4 Å². The third-order valence-corrected chi connectivity index (χ3v) is 14.6. The van der Waals surface area contributed by atoms with E-state index in [0.717, 1.165) is 107 Å². The van der Waals surface area contributed by atoms with E-state index in [1.807, 2.05) is 38.1 Å². The number of fused-ring (bicyclic) bond motifs is 4. The predicted molar refractivity (Wildman–Crippen MR) is 236 cm³/mol. The molecule has 0 bridgehead atoms. The lowest BCUT2D eigenvalue weighted by Crippen LogP contribution is -2.53. The molecule has 1 spiro atoms. The minimum absolute atomic E-state index is 0.0231. The summed E-state index contributed by atoms with van der Waals surface area (Å²) in [6.07, 6.45) is 11.4. The Hall–Kier alpha value is -5.23. The fourth-order valence-corrected chi connectivity index (χ4v) is 10.9. The number of carbonyl (C=O) groups excluding carboxylic acids is 3. The number of hydrogen-bond acceptors (Lipinski definition) is 7. The van der Waals surface area contributed by atoms with E-state index < -0.39 is 12.1 Å². The molecule has 4 aliphatic rings. The monoisotopic (exact) mass is 827 g/mol. The Kier molecular flexibility index (Phi) is 11.2. The van der Waals surface area contributed by atoms with Gasteiger partial charge in [0, 0.05) is 47.9 Å². The molecule has 5 heterocycles. The van der Waals surface area contributed by atoms with E-state index in [2.05, 4.69) is 82.6 Å². The number of likely N-dealkylation sites (tertiary alicyclic amines) is 2. The molecular formula is C49H61N7O5. The zero-order valence-corrected chi connectivity index (χ0v) is 36.5. The molecule has 9 rings (SSSR count). The summed E-state index contributed by atoms with van der Waals surface area (Å²) in [5.41, 5.74) is 3.80. The van der Waals surface area contributed by atoms with Crippen molar-refractivity contribution in [2.45, 2.75) is 110 Å². The van der Waals surface area contributed by atoms with Crippen molar-refractivity contribution in [3.8, 4) is 22.5 Å². The van der Waals surface area contributed by atoms with Crippen LogP contribution in [-0.2, 0) is 19.1 Å². The van der Waals surface area contributed by atoms with E-state index >= 15 is 0 Å².